The Labute approximate surface area is 126 Å². The molecule has 0 aliphatic carbocycles. The van der Waals surface area contributed by atoms with Crippen molar-refractivity contribution in [2.24, 2.45) is 0 Å². The Kier molecular flexibility index (Phi) is 3.99. The number of amides is 1. The first kappa shape index (κ1) is 14.1. The average Bonchev–Trinajstić information content (AvgIpc) is 2.58. The van der Waals surface area contributed by atoms with Gasteiger partial charge in [-0.05, 0) is 68.0 Å². The third-order valence-corrected chi connectivity index (χ3v) is 3.91. The molecule has 1 aromatic carbocycles. The Morgan fingerprint density at radius 3 is 2.42 bits per heavy atom. The van der Waals surface area contributed by atoms with Crippen LogP contribution in [-0.2, 0) is 0 Å². The van der Waals surface area contributed by atoms with Crippen LogP contribution in [0.1, 0.15) is 33.0 Å². The van der Waals surface area contributed by atoms with Crippen LogP contribution in [0.2, 0.25) is 0 Å². The van der Waals surface area contributed by atoms with Crippen molar-refractivity contribution >= 4 is 34.2 Å². The summed E-state index contributed by atoms with van der Waals surface area (Å²) in [7, 11) is 0. The van der Waals surface area contributed by atoms with Crippen LogP contribution in [0, 0.1) is 31.3 Å². The Bertz CT molecular complexity index is 644. The SMILES string of the molecule is Cc1ccc(I)cc1NC(=O)c1c(C)oc(C)c1C. The van der Waals surface area contributed by atoms with Crippen molar-refractivity contribution in [1.29, 1.82) is 0 Å². The Balaban J connectivity index is 2.33. The van der Waals surface area contributed by atoms with Crippen LogP contribution in [0.3, 0.4) is 0 Å². The van der Waals surface area contributed by atoms with Crippen molar-refractivity contribution in [3.63, 3.8) is 0 Å². The number of anilines is 1. The van der Waals surface area contributed by atoms with E-state index in [1.165, 1.54) is 0 Å². The maximum absolute atomic E-state index is 12.4. The summed E-state index contributed by atoms with van der Waals surface area (Å²) >= 11 is 2.23. The molecule has 3 nitrogen and oxygen atoms in total. The minimum atomic E-state index is -0.114. The topological polar surface area (TPSA) is 42.2 Å². The lowest BCUT2D eigenvalue weighted by Gasteiger charge is -2.09. The minimum absolute atomic E-state index is 0.114. The zero-order valence-corrected chi connectivity index (χ0v) is 13.6. The summed E-state index contributed by atoms with van der Waals surface area (Å²) in [5.74, 6) is 1.34. The number of hydrogen-bond acceptors (Lipinski definition) is 2. The van der Waals surface area contributed by atoms with Gasteiger partial charge in [0.2, 0.25) is 0 Å². The van der Waals surface area contributed by atoms with Gasteiger partial charge in [0.05, 0.1) is 5.56 Å². The van der Waals surface area contributed by atoms with Crippen molar-refractivity contribution in [3.8, 4) is 0 Å². The molecule has 2 aromatic rings. The van der Waals surface area contributed by atoms with Gasteiger partial charge >= 0.3 is 0 Å². The highest BCUT2D eigenvalue weighted by atomic mass is 127. The van der Waals surface area contributed by atoms with Crippen LogP contribution < -0.4 is 5.32 Å². The largest absolute Gasteiger partial charge is 0.466 e. The normalized spacial score (nSPS) is 10.6. The lowest BCUT2D eigenvalue weighted by molar-refractivity contribution is 0.102. The fraction of sp³-hybridized carbons (Fsp3) is 0.267. The molecule has 100 valence electrons. The number of nitrogens with one attached hydrogen (secondary N) is 1. The van der Waals surface area contributed by atoms with Gasteiger partial charge in [-0.15, -0.1) is 0 Å². The monoisotopic (exact) mass is 369 g/mol. The molecular weight excluding hydrogens is 353 g/mol. The third kappa shape index (κ3) is 2.83. The van der Waals surface area contributed by atoms with E-state index in [2.05, 4.69) is 27.9 Å². The number of carbonyl (C=O) groups excluding carboxylic acids is 1. The number of hydrogen-bond donors (Lipinski definition) is 1. The number of benzene rings is 1. The molecule has 0 radical (unpaired) electrons. The minimum Gasteiger partial charge on any atom is -0.466 e. The zero-order chi connectivity index (χ0) is 14.2. The first-order valence-electron chi connectivity index (χ1n) is 6.04. The van der Waals surface area contributed by atoms with E-state index < -0.39 is 0 Å². The molecule has 19 heavy (non-hydrogen) atoms. The molecule has 0 saturated carbocycles. The number of rotatable bonds is 2. The predicted octanol–water partition coefficient (Wildman–Crippen LogP) is 4.37. The number of carbonyl (C=O) groups is 1. The second-order valence-corrected chi connectivity index (χ2v) is 5.87. The van der Waals surface area contributed by atoms with E-state index in [1.54, 1.807) is 0 Å². The van der Waals surface area contributed by atoms with Crippen molar-refractivity contribution in [1.82, 2.24) is 0 Å². The summed E-state index contributed by atoms with van der Waals surface area (Å²) in [5, 5.41) is 2.96. The van der Waals surface area contributed by atoms with Gasteiger partial charge in [0.25, 0.3) is 5.91 Å². The number of halogens is 1. The van der Waals surface area contributed by atoms with Gasteiger partial charge in [0.15, 0.2) is 0 Å². The third-order valence-electron chi connectivity index (χ3n) is 3.24. The number of aryl methyl sites for hydroxylation is 3. The molecule has 0 atom stereocenters. The van der Waals surface area contributed by atoms with Crippen LogP contribution in [0.15, 0.2) is 22.6 Å². The highest BCUT2D eigenvalue weighted by Gasteiger charge is 2.19. The van der Waals surface area contributed by atoms with Crippen molar-refractivity contribution in [3.05, 3.63) is 50.0 Å². The standard InChI is InChI=1S/C15H16INO2/c1-8-5-6-12(16)7-13(8)17-15(18)14-9(2)10(3)19-11(14)4/h5-7H,1-4H3,(H,17,18). The van der Waals surface area contributed by atoms with E-state index in [9.17, 15) is 4.79 Å². The Morgan fingerprint density at radius 1 is 1.16 bits per heavy atom. The molecule has 0 bridgehead atoms. The van der Waals surface area contributed by atoms with E-state index in [1.807, 2.05) is 45.9 Å². The predicted molar refractivity (Wildman–Crippen MR) is 84.8 cm³/mol. The molecule has 0 aliphatic heterocycles. The summed E-state index contributed by atoms with van der Waals surface area (Å²) in [6.45, 7) is 7.57. The molecule has 0 fully saturated rings. The van der Waals surface area contributed by atoms with Gasteiger partial charge < -0.3 is 9.73 Å². The van der Waals surface area contributed by atoms with Gasteiger partial charge in [-0.25, -0.2) is 0 Å². The van der Waals surface area contributed by atoms with Gasteiger partial charge in [-0.1, -0.05) is 6.07 Å². The van der Waals surface area contributed by atoms with Crippen LogP contribution in [-0.4, -0.2) is 5.91 Å². The maximum Gasteiger partial charge on any atom is 0.259 e. The summed E-state index contributed by atoms with van der Waals surface area (Å²) in [4.78, 5) is 12.4. The highest BCUT2D eigenvalue weighted by Crippen LogP contribution is 2.24. The fourth-order valence-corrected chi connectivity index (χ4v) is 2.53. The Hall–Kier alpha value is -1.30. The molecule has 0 saturated heterocycles. The van der Waals surface area contributed by atoms with Crippen LogP contribution in [0.4, 0.5) is 5.69 Å². The lowest BCUT2D eigenvalue weighted by atomic mass is 10.1. The van der Waals surface area contributed by atoms with Gasteiger partial charge in [-0.3, -0.25) is 4.79 Å². The van der Waals surface area contributed by atoms with Gasteiger partial charge in [0, 0.05) is 14.8 Å². The lowest BCUT2D eigenvalue weighted by Crippen LogP contribution is -2.14. The van der Waals surface area contributed by atoms with Crippen molar-refractivity contribution in [2.75, 3.05) is 5.32 Å². The van der Waals surface area contributed by atoms with Crippen LogP contribution in [0.25, 0.3) is 0 Å². The number of furan rings is 1. The zero-order valence-electron chi connectivity index (χ0n) is 11.4. The first-order chi connectivity index (χ1) is 8.90. The van der Waals surface area contributed by atoms with Gasteiger partial charge in [-0.2, -0.15) is 0 Å². The van der Waals surface area contributed by atoms with E-state index in [0.29, 0.717) is 11.3 Å². The van der Waals surface area contributed by atoms with E-state index in [-0.39, 0.29) is 5.91 Å². The maximum atomic E-state index is 12.4. The average molecular weight is 369 g/mol. The molecule has 0 spiro atoms. The molecule has 4 heteroatoms. The van der Waals surface area contributed by atoms with E-state index in [0.717, 1.165) is 26.1 Å². The summed E-state index contributed by atoms with van der Waals surface area (Å²) in [5.41, 5.74) is 3.42. The summed E-state index contributed by atoms with van der Waals surface area (Å²) in [6.07, 6.45) is 0. The van der Waals surface area contributed by atoms with E-state index in [4.69, 9.17) is 4.42 Å². The first-order valence-corrected chi connectivity index (χ1v) is 7.12. The molecular formula is C15H16INO2. The van der Waals surface area contributed by atoms with E-state index >= 15 is 0 Å². The van der Waals surface area contributed by atoms with Crippen molar-refractivity contribution in [2.45, 2.75) is 27.7 Å². The Morgan fingerprint density at radius 2 is 1.84 bits per heavy atom. The quantitative estimate of drug-likeness (QED) is 0.799. The molecule has 0 aliphatic rings. The fourth-order valence-electron chi connectivity index (χ4n) is 2.04. The summed E-state index contributed by atoms with van der Waals surface area (Å²) in [6, 6.07) is 5.98. The highest BCUT2D eigenvalue weighted by molar-refractivity contribution is 14.1. The molecule has 1 N–H and O–H groups in total. The molecule has 0 unspecified atom stereocenters. The summed E-state index contributed by atoms with van der Waals surface area (Å²) < 4.78 is 6.59. The van der Waals surface area contributed by atoms with Gasteiger partial charge in [0.1, 0.15) is 11.5 Å². The van der Waals surface area contributed by atoms with Crippen LogP contribution in [0.5, 0.6) is 0 Å². The van der Waals surface area contributed by atoms with Crippen molar-refractivity contribution < 1.29 is 9.21 Å². The molecule has 1 aromatic heterocycles. The second kappa shape index (κ2) is 5.36. The second-order valence-electron chi connectivity index (χ2n) is 4.63. The smallest absolute Gasteiger partial charge is 0.259 e. The molecule has 1 amide bonds. The molecule has 2 rings (SSSR count). The molecule has 1 heterocycles. The van der Waals surface area contributed by atoms with Crippen LogP contribution >= 0.6 is 22.6 Å².